The molecule has 0 atom stereocenters. The maximum absolute atomic E-state index is 12.8. The fourth-order valence-electron chi connectivity index (χ4n) is 3.75. The number of carbonyl (C=O) groups is 1. The highest BCUT2D eigenvalue weighted by Crippen LogP contribution is 2.31. The zero-order chi connectivity index (χ0) is 21.3. The first kappa shape index (κ1) is 20.7. The fraction of sp³-hybridized carbons (Fsp3) is 0.350. The molecule has 2 aromatic carbocycles. The molecule has 0 saturated heterocycles. The third-order valence-corrected chi connectivity index (χ3v) is 7.87. The molecule has 4 rings (SSSR count). The summed E-state index contributed by atoms with van der Waals surface area (Å²) in [5, 5.41) is 2.92. The Bertz CT molecular complexity index is 1190. The molecule has 0 spiro atoms. The molecule has 1 aliphatic rings. The van der Waals surface area contributed by atoms with E-state index in [1.165, 1.54) is 4.31 Å². The third kappa shape index (κ3) is 3.78. The predicted molar refractivity (Wildman–Crippen MR) is 119 cm³/mol. The summed E-state index contributed by atoms with van der Waals surface area (Å²) in [5.74, 6) is -0.150. The summed E-state index contributed by atoms with van der Waals surface area (Å²) in [6.07, 6.45) is 0.704. The van der Waals surface area contributed by atoms with Gasteiger partial charge in [-0.2, -0.15) is 13.1 Å². The smallest absolute Gasteiger partial charge is 0.243 e. The molecule has 2 heterocycles. The molecule has 0 bridgehead atoms. The standard InChI is InChI=1S/C20H23N5O3S2/c1-3-25(4-2)30(27,28)15-8-9-18-14(12-15)10-11-24(18)13-19(26)21-16-6-5-7-17-20(16)23-29-22-17/h5-9,12H,3-4,10-11,13H2,1-2H3,(H,21,26). The molecule has 10 heteroatoms. The number of hydrogen-bond donors (Lipinski definition) is 1. The topological polar surface area (TPSA) is 95.5 Å². The molecule has 1 N–H and O–H groups in total. The monoisotopic (exact) mass is 445 g/mol. The van der Waals surface area contributed by atoms with E-state index in [9.17, 15) is 13.2 Å². The van der Waals surface area contributed by atoms with Crippen molar-refractivity contribution in [2.24, 2.45) is 0 Å². The number of anilines is 2. The Balaban J connectivity index is 1.50. The zero-order valence-electron chi connectivity index (χ0n) is 16.8. The minimum atomic E-state index is -3.50. The Morgan fingerprint density at radius 3 is 2.77 bits per heavy atom. The Hall–Kier alpha value is -2.56. The van der Waals surface area contributed by atoms with Gasteiger partial charge in [0.1, 0.15) is 11.0 Å². The van der Waals surface area contributed by atoms with Gasteiger partial charge in [0, 0.05) is 25.3 Å². The molecular weight excluding hydrogens is 422 g/mol. The summed E-state index contributed by atoms with van der Waals surface area (Å²) in [6, 6.07) is 10.7. The van der Waals surface area contributed by atoms with Crippen LogP contribution in [0.1, 0.15) is 19.4 Å². The second-order valence-electron chi connectivity index (χ2n) is 7.04. The van der Waals surface area contributed by atoms with Crippen molar-refractivity contribution in [2.75, 3.05) is 36.4 Å². The van der Waals surface area contributed by atoms with Crippen molar-refractivity contribution in [1.82, 2.24) is 13.1 Å². The fourth-order valence-corrected chi connectivity index (χ4v) is 5.81. The number of carbonyl (C=O) groups excluding carboxylic acids is 1. The van der Waals surface area contributed by atoms with Crippen LogP contribution in [0.25, 0.3) is 11.0 Å². The highest BCUT2D eigenvalue weighted by Gasteiger charge is 2.26. The SMILES string of the molecule is CCN(CC)S(=O)(=O)c1ccc2c(c1)CCN2CC(=O)Nc1cccc2nsnc12. The summed E-state index contributed by atoms with van der Waals surface area (Å²) < 4.78 is 35.4. The summed E-state index contributed by atoms with van der Waals surface area (Å²) in [7, 11) is -3.50. The van der Waals surface area contributed by atoms with Crippen molar-refractivity contribution in [1.29, 1.82) is 0 Å². The van der Waals surface area contributed by atoms with Gasteiger partial charge in [-0.1, -0.05) is 19.9 Å². The number of amides is 1. The summed E-state index contributed by atoms with van der Waals surface area (Å²) in [6.45, 7) is 5.38. The molecule has 3 aromatic rings. The average molecular weight is 446 g/mol. The molecule has 158 valence electrons. The van der Waals surface area contributed by atoms with E-state index in [2.05, 4.69) is 14.1 Å². The van der Waals surface area contributed by atoms with Crippen molar-refractivity contribution in [3.8, 4) is 0 Å². The number of sulfonamides is 1. The molecule has 0 unspecified atom stereocenters. The van der Waals surface area contributed by atoms with Gasteiger partial charge >= 0.3 is 0 Å². The number of aromatic nitrogens is 2. The van der Waals surface area contributed by atoms with Crippen molar-refractivity contribution in [3.05, 3.63) is 42.0 Å². The van der Waals surface area contributed by atoms with Gasteiger partial charge in [-0.15, -0.1) is 0 Å². The molecule has 0 saturated carbocycles. The highest BCUT2D eigenvalue weighted by atomic mass is 32.2. The normalized spacial score (nSPS) is 13.8. The van der Waals surface area contributed by atoms with Crippen LogP contribution in [0.15, 0.2) is 41.3 Å². The number of fused-ring (bicyclic) bond motifs is 2. The van der Waals surface area contributed by atoms with Crippen molar-refractivity contribution >= 4 is 50.1 Å². The Morgan fingerprint density at radius 2 is 2.00 bits per heavy atom. The number of rotatable bonds is 7. The van der Waals surface area contributed by atoms with Gasteiger partial charge in [-0.3, -0.25) is 4.79 Å². The number of nitrogens with zero attached hydrogens (tertiary/aromatic N) is 4. The quantitative estimate of drug-likeness (QED) is 0.601. The molecule has 1 amide bonds. The van der Waals surface area contributed by atoms with E-state index in [4.69, 9.17) is 0 Å². The minimum Gasteiger partial charge on any atom is -0.362 e. The maximum atomic E-state index is 12.8. The van der Waals surface area contributed by atoms with Crippen molar-refractivity contribution in [2.45, 2.75) is 25.2 Å². The van der Waals surface area contributed by atoms with Gasteiger partial charge in [-0.05, 0) is 42.3 Å². The number of benzene rings is 2. The van der Waals surface area contributed by atoms with E-state index in [1.54, 1.807) is 18.2 Å². The van der Waals surface area contributed by atoms with Crippen LogP contribution < -0.4 is 10.2 Å². The number of hydrogen-bond acceptors (Lipinski definition) is 7. The van der Waals surface area contributed by atoms with Crippen LogP contribution in [-0.2, 0) is 21.2 Å². The lowest BCUT2D eigenvalue weighted by Crippen LogP contribution is -2.32. The van der Waals surface area contributed by atoms with E-state index in [-0.39, 0.29) is 12.5 Å². The minimum absolute atomic E-state index is 0.150. The molecule has 0 radical (unpaired) electrons. The van der Waals surface area contributed by atoms with Gasteiger partial charge < -0.3 is 10.2 Å². The van der Waals surface area contributed by atoms with E-state index in [0.717, 1.165) is 28.5 Å². The molecule has 1 aliphatic heterocycles. The van der Waals surface area contributed by atoms with E-state index >= 15 is 0 Å². The van der Waals surface area contributed by atoms with Crippen LogP contribution in [-0.4, -0.2) is 53.6 Å². The van der Waals surface area contributed by atoms with Crippen LogP contribution in [0.2, 0.25) is 0 Å². The Morgan fingerprint density at radius 1 is 1.20 bits per heavy atom. The highest BCUT2D eigenvalue weighted by molar-refractivity contribution is 7.89. The van der Waals surface area contributed by atoms with Gasteiger partial charge in [0.05, 0.1) is 28.9 Å². The summed E-state index contributed by atoms with van der Waals surface area (Å²) in [5.41, 5.74) is 3.93. The summed E-state index contributed by atoms with van der Waals surface area (Å²) >= 11 is 1.11. The van der Waals surface area contributed by atoms with Gasteiger partial charge in [-0.25, -0.2) is 8.42 Å². The van der Waals surface area contributed by atoms with Crippen LogP contribution in [0, 0.1) is 0 Å². The molecule has 0 aliphatic carbocycles. The molecule has 30 heavy (non-hydrogen) atoms. The summed E-state index contributed by atoms with van der Waals surface area (Å²) in [4.78, 5) is 14.9. The van der Waals surface area contributed by atoms with Crippen LogP contribution >= 0.6 is 11.7 Å². The third-order valence-electron chi connectivity index (χ3n) is 5.28. The molecule has 0 fully saturated rings. The van der Waals surface area contributed by atoms with E-state index < -0.39 is 10.0 Å². The van der Waals surface area contributed by atoms with Gasteiger partial charge in [0.2, 0.25) is 15.9 Å². The number of nitrogens with one attached hydrogen (secondary N) is 1. The Kier molecular flexibility index (Phi) is 5.72. The first-order valence-electron chi connectivity index (χ1n) is 9.83. The second kappa shape index (κ2) is 8.29. The largest absolute Gasteiger partial charge is 0.362 e. The van der Waals surface area contributed by atoms with Crippen LogP contribution in [0.5, 0.6) is 0 Å². The molecule has 1 aromatic heterocycles. The first-order chi connectivity index (χ1) is 14.4. The predicted octanol–water partition coefficient (Wildman–Crippen LogP) is 2.72. The maximum Gasteiger partial charge on any atom is 0.243 e. The van der Waals surface area contributed by atoms with Crippen molar-refractivity contribution in [3.63, 3.8) is 0 Å². The molecule has 8 nitrogen and oxygen atoms in total. The van der Waals surface area contributed by atoms with E-state index in [0.29, 0.717) is 42.2 Å². The molecular formula is C20H23N5O3S2. The van der Waals surface area contributed by atoms with Gasteiger partial charge in [0.25, 0.3) is 0 Å². The lowest BCUT2D eigenvalue weighted by atomic mass is 10.2. The van der Waals surface area contributed by atoms with Crippen LogP contribution in [0.3, 0.4) is 0 Å². The first-order valence-corrected chi connectivity index (χ1v) is 12.0. The average Bonchev–Trinajstić information content (AvgIpc) is 3.36. The van der Waals surface area contributed by atoms with Crippen molar-refractivity contribution < 1.29 is 13.2 Å². The lowest BCUT2D eigenvalue weighted by molar-refractivity contribution is -0.114. The zero-order valence-corrected chi connectivity index (χ0v) is 18.5. The van der Waals surface area contributed by atoms with E-state index in [1.807, 2.05) is 36.9 Å². The second-order valence-corrected chi connectivity index (χ2v) is 9.50. The lowest BCUT2D eigenvalue weighted by Gasteiger charge is -2.21. The van der Waals surface area contributed by atoms with Gasteiger partial charge in [0.15, 0.2) is 0 Å². The van der Waals surface area contributed by atoms with Crippen LogP contribution in [0.4, 0.5) is 11.4 Å². The Labute approximate surface area is 179 Å².